The Morgan fingerprint density at radius 2 is 1.80 bits per heavy atom. The van der Waals surface area contributed by atoms with E-state index < -0.39 is 0 Å². The van der Waals surface area contributed by atoms with Crippen molar-refractivity contribution in [3.63, 3.8) is 0 Å². The van der Waals surface area contributed by atoms with Crippen LogP contribution in [0, 0.1) is 0 Å². The summed E-state index contributed by atoms with van der Waals surface area (Å²) < 4.78 is 21.9. The molecule has 0 saturated carbocycles. The third-order valence-electron chi connectivity index (χ3n) is 4.86. The molecule has 0 bridgehead atoms. The lowest BCUT2D eigenvalue weighted by molar-refractivity contribution is -0.127. The molecule has 7 nitrogen and oxygen atoms in total. The molecule has 1 saturated heterocycles. The molecule has 1 aromatic heterocycles. The summed E-state index contributed by atoms with van der Waals surface area (Å²) in [5.41, 5.74) is 0.779. The van der Waals surface area contributed by atoms with E-state index in [4.69, 9.17) is 30.5 Å². The van der Waals surface area contributed by atoms with Crippen molar-refractivity contribution in [1.29, 1.82) is 0 Å². The minimum Gasteiger partial charge on any atom is -0.493 e. The molecule has 0 N–H and O–H groups in total. The first-order chi connectivity index (χ1) is 14.5. The van der Waals surface area contributed by atoms with Crippen LogP contribution in [0.2, 0.25) is 5.02 Å². The minimum atomic E-state index is -0.0573. The molecule has 1 amide bonds. The van der Waals surface area contributed by atoms with Crippen molar-refractivity contribution in [2.45, 2.75) is 18.9 Å². The topological polar surface area (TPSA) is 70.1 Å². The van der Waals surface area contributed by atoms with Crippen LogP contribution >= 0.6 is 11.6 Å². The average Bonchev–Trinajstić information content (AvgIpc) is 2.78. The van der Waals surface area contributed by atoms with Crippen LogP contribution < -0.4 is 18.9 Å². The number of ether oxygens (including phenoxy) is 4. The fourth-order valence-electron chi connectivity index (χ4n) is 3.28. The summed E-state index contributed by atoms with van der Waals surface area (Å²) in [6, 6.07) is 7.09. The van der Waals surface area contributed by atoms with Crippen molar-refractivity contribution in [2.75, 3.05) is 34.4 Å². The van der Waals surface area contributed by atoms with Crippen LogP contribution in [0.15, 0.2) is 36.5 Å². The van der Waals surface area contributed by atoms with E-state index in [1.165, 1.54) is 0 Å². The van der Waals surface area contributed by atoms with Gasteiger partial charge >= 0.3 is 0 Å². The van der Waals surface area contributed by atoms with Gasteiger partial charge in [-0.1, -0.05) is 11.6 Å². The van der Waals surface area contributed by atoms with Crippen LogP contribution in [0.25, 0.3) is 6.08 Å². The Hall–Kier alpha value is -2.93. The van der Waals surface area contributed by atoms with Gasteiger partial charge in [-0.05, 0) is 35.9 Å². The molecule has 1 aromatic carbocycles. The first-order valence-electron chi connectivity index (χ1n) is 9.60. The number of aromatic nitrogens is 1. The molecular formula is C22H25ClN2O5. The van der Waals surface area contributed by atoms with Gasteiger partial charge in [0.1, 0.15) is 11.1 Å². The fourth-order valence-corrected chi connectivity index (χ4v) is 3.45. The zero-order valence-electron chi connectivity index (χ0n) is 17.3. The lowest BCUT2D eigenvalue weighted by Gasteiger charge is -2.31. The second-order valence-electron chi connectivity index (χ2n) is 6.72. The van der Waals surface area contributed by atoms with Gasteiger partial charge < -0.3 is 23.8 Å². The van der Waals surface area contributed by atoms with Gasteiger partial charge in [-0.2, -0.15) is 0 Å². The number of hydrogen-bond donors (Lipinski definition) is 0. The number of amides is 1. The fraction of sp³-hybridized carbons (Fsp3) is 0.364. The summed E-state index contributed by atoms with van der Waals surface area (Å²) in [7, 11) is 4.66. The van der Waals surface area contributed by atoms with E-state index in [-0.39, 0.29) is 12.0 Å². The summed E-state index contributed by atoms with van der Waals surface area (Å²) >= 11 is 6.10. The highest BCUT2D eigenvalue weighted by molar-refractivity contribution is 6.31. The number of pyridine rings is 1. The number of likely N-dealkylation sites (tertiary alicyclic amines) is 1. The van der Waals surface area contributed by atoms with Gasteiger partial charge in [0.15, 0.2) is 11.5 Å². The van der Waals surface area contributed by atoms with Gasteiger partial charge in [0.25, 0.3) is 0 Å². The summed E-state index contributed by atoms with van der Waals surface area (Å²) in [4.78, 5) is 18.6. The molecule has 1 aliphatic rings. The van der Waals surface area contributed by atoms with Crippen LogP contribution in [0.5, 0.6) is 23.1 Å². The largest absolute Gasteiger partial charge is 0.493 e. The number of rotatable bonds is 7. The van der Waals surface area contributed by atoms with Gasteiger partial charge in [0.05, 0.1) is 21.3 Å². The Balaban J connectivity index is 1.59. The van der Waals surface area contributed by atoms with Gasteiger partial charge in [-0.25, -0.2) is 4.98 Å². The Morgan fingerprint density at radius 3 is 2.37 bits per heavy atom. The number of hydrogen-bond acceptors (Lipinski definition) is 6. The zero-order chi connectivity index (χ0) is 21.5. The van der Waals surface area contributed by atoms with Crippen molar-refractivity contribution in [3.8, 4) is 23.1 Å². The normalized spacial score (nSPS) is 14.6. The van der Waals surface area contributed by atoms with E-state index in [9.17, 15) is 4.79 Å². The summed E-state index contributed by atoms with van der Waals surface area (Å²) in [5.74, 6) is 1.97. The van der Waals surface area contributed by atoms with Crippen LogP contribution in [-0.4, -0.2) is 56.3 Å². The average molecular weight is 433 g/mol. The molecule has 0 radical (unpaired) electrons. The lowest BCUT2D eigenvalue weighted by atomic mass is 10.1. The number of benzene rings is 1. The van der Waals surface area contributed by atoms with Crippen molar-refractivity contribution >= 4 is 23.6 Å². The first-order valence-corrected chi connectivity index (χ1v) is 9.97. The standard InChI is InChI=1S/C22H25ClN2O5/c1-27-18-13-15(14-19(28-2)21(18)29-3)6-7-20(26)25-11-8-16(9-12-25)30-22-17(23)5-4-10-24-22/h4-7,10,13-14,16H,8-9,11-12H2,1-3H3/b7-6+. The van der Waals surface area contributed by atoms with Crippen molar-refractivity contribution in [3.05, 3.63) is 47.1 Å². The molecule has 0 spiro atoms. The molecule has 160 valence electrons. The SMILES string of the molecule is COc1cc(/C=C/C(=O)N2CCC(Oc3ncccc3Cl)CC2)cc(OC)c1OC. The monoisotopic (exact) mass is 432 g/mol. The maximum atomic E-state index is 12.6. The van der Waals surface area contributed by atoms with E-state index in [0.29, 0.717) is 41.2 Å². The van der Waals surface area contributed by atoms with Crippen molar-refractivity contribution in [1.82, 2.24) is 9.88 Å². The Morgan fingerprint density at radius 1 is 1.13 bits per heavy atom. The van der Waals surface area contributed by atoms with E-state index >= 15 is 0 Å². The van der Waals surface area contributed by atoms with Crippen LogP contribution in [0.1, 0.15) is 18.4 Å². The van der Waals surface area contributed by atoms with Crippen molar-refractivity contribution in [2.24, 2.45) is 0 Å². The number of carbonyl (C=O) groups excluding carboxylic acids is 1. The Kier molecular flexibility index (Phi) is 7.41. The quantitative estimate of drug-likeness (QED) is 0.619. The van der Waals surface area contributed by atoms with Crippen LogP contribution in [0.4, 0.5) is 0 Å². The molecule has 1 aliphatic heterocycles. The Labute approximate surface area is 181 Å². The molecular weight excluding hydrogens is 408 g/mol. The molecule has 2 heterocycles. The van der Waals surface area contributed by atoms with E-state index in [2.05, 4.69) is 4.98 Å². The number of halogens is 1. The molecule has 0 unspecified atom stereocenters. The maximum Gasteiger partial charge on any atom is 0.246 e. The molecule has 30 heavy (non-hydrogen) atoms. The second-order valence-corrected chi connectivity index (χ2v) is 7.13. The molecule has 0 aliphatic carbocycles. The summed E-state index contributed by atoms with van der Waals surface area (Å²) in [6.07, 6.45) is 6.36. The van der Waals surface area contributed by atoms with E-state index in [1.54, 1.807) is 68.8 Å². The maximum absolute atomic E-state index is 12.6. The highest BCUT2D eigenvalue weighted by atomic mass is 35.5. The lowest BCUT2D eigenvalue weighted by Crippen LogP contribution is -2.41. The van der Waals surface area contributed by atoms with Crippen LogP contribution in [0.3, 0.4) is 0 Å². The Bertz CT molecular complexity index is 885. The summed E-state index contributed by atoms with van der Waals surface area (Å²) in [6.45, 7) is 1.21. The van der Waals surface area contributed by atoms with Crippen molar-refractivity contribution < 1.29 is 23.7 Å². The highest BCUT2D eigenvalue weighted by Gasteiger charge is 2.23. The molecule has 1 fully saturated rings. The molecule has 8 heteroatoms. The first kappa shape index (κ1) is 21.8. The number of piperidine rings is 1. The minimum absolute atomic E-state index is 0.0134. The van der Waals surface area contributed by atoms with Gasteiger partial charge in [-0.15, -0.1) is 0 Å². The highest BCUT2D eigenvalue weighted by Crippen LogP contribution is 2.38. The van der Waals surface area contributed by atoms with E-state index in [0.717, 1.165) is 18.4 Å². The number of methoxy groups -OCH3 is 3. The number of nitrogens with zero attached hydrogens (tertiary/aromatic N) is 2. The summed E-state index contributed by atoms with van der Waals surface area (Å²) in [5, 5.41) is 0.490. The zero-order valence-corrected chi connectivity index (χ0v) is 18.0. The predicted octanol–water partition coefficient (Wildman–Crippen LogP) is 3.84. The molecule has 3 rings (SSSR count). The van der Waals surface area contributed by atoms with Gasteiger partial charge in [-0.3, -0.25) is 4.79 Å². The second kappa shape index (κ2) is 10.2. The predicted molar refractivity (Wildman–Crippen MR) is 115 cm³/mol. The third kappa shape index (κ3) is 5.16. The van der Waals surface area contributed by atoms with Crippen LogP contribution in [-0.2, 0) is 4.79 Å². The van der Waals surface area contributed by atoms with Gasteiger partial charge in [0, 0.05) is 38.2 Å². The number of carbonyl (C=O) groups is 1. The molecule has 2 aromatic rings. The van der Waals surface area contributed by atoms with E-state index in [1.807, 2.05) is 0 Å². The smallest absolute Gasteiger partial charge is 0.246 e. The molecule has 0 atom stereocenters. The van der Waals surface area contributed by atoms with Gasteiger partial charge in [0.2, 0.25) is 17.5 Å². The third-order valence-corrected chi connectivity index (χ3v) is 5.15.